The molecule has 3 rings (SSSR count). The first kappa shape index (κ1) is 14.4. The number of cyclic esters (lactones) is 1. The van der Waals surface area contributed by atoms with Crippen molar-refractivity contribution in [1.82, 2.24) is 0 Å². The highest BCUT2D eigenvalue weighted by Crippen LogP contribution is 2.30. The fourth-order valence-electron chi connectivity index (χ4n) is 2.98. The number of hydrogen-bond donors (Lipinski definition) is 2. The van der Waals surface area contributed by atoms with E-state index in [1.54, 1.807) is 36.4 Å². The standard InChI is InChI=1S/C18H18O4/c19-15-5-1-3-12(8-15)7-14-11-22-18(21)17(14)10-13-4-2-6-16(20)9-13/h1-6,8-9,14,17,19-20H,7,10-11H2/t14-,17+/m0/s1/i7+1,10+1,18+1. The molecule has 0 aliphatic carbocycles. The fourth-order valence-corrected chi connectivity index (χ4v) is 2.98. The van der Waals surface area contributed by atoms with Crippen molar-refractivity contribution in [3.8, 4) is 11.5 Å². The summed E-state index contributed by atoms with van der Waals surface area (Å²) in [4.78, 5) is 12.0. The van der Waals surface area contributed by atoms with Crippen molar-refractivity contribution < 1.29 is 19.7 Å². The number of carbonyl (C=O) groups is 1. The van der Waals surface area contributed by atoms with Gasteiger partial charge < -0.3 is 14.9 Å². The molecule has 2 aromatic carbocycles. The highest BCUT2D eigenvalue weighted by Gasteiger charge is 2.36. The average molecular weight is 301 g/mol. The molecule has 0 radical (unpaired) electrons. The van der Waals surface area contributed by atoms with E-state index < -0.39 is 0 Å². The van der Waals surface area contributed by atoms with Crippen LogP contribution < -0.4 is 0 Å². The van der Waals surface area contributed by atoms with Gasteiger partial charge in [-0.25, -0.2) is 0 Å². The molecule has 0 spiro atoms. The minimum Gasteiger partial charge on any atom is -0.508 e. The summed E-state index contributed by atoms with van der Waals surface area (Å²) in [6.07, 6.45) is 1.24. The highest BCUT2D eigenvalue weighted by molar-refractivity contribution is 5.75. The maximum atomic E-state index is 12.0. The van der Waals surface area contributed by atoms with Gasteiger partial charge in [0.1, 0.15) is 11.5 Å². The van der Waals surface area contributed by atoms with Crippen molar-refractivity contribution in [2.45, 2.75) is 12.8 Å². The van der Waals surface area contributed by atoms with Crippen LogP contribution in [0.5, 0.6) is 11.5 Å². The van der Waals surface area contributed by atoms with Crippen LogP contribution >= 0.6 is 0 Å². The number of carbonyl (C=O) groups excluding carboxylic acids is 1. The molecule has 22 heavy (non-hydrogen) atoms. The lowest BCUT2D eigenvalue weighted by Gasteiger charge is -2.15. The second-order valence-corrected chi connectivity index (χ2v) is 5.74. The van der Waals surface area contributed by atoms with E-state index in [1.165, 1.54) is 0 Å². The Labute approximate surface area is 129 Å². The Hall–Kier alpha value is -2.49. The lowest BCUT2D eigenvalue weighted by Crippen LogP contribution is -2.20. The molecule has 1 aliphatic heterocycles. The molecule has 1 fully saturated rings. The Morgan fingerprint density at radius 1 is 0.955 bits per heavy atom. The molecule has 1 heterocycles. The van der Waals surface area contributed by atoms with Crippen LogP contribution in [0.1, 0.15) is 11.1 Å². The molecule has 4 nitrogen and oxygen atoms in total. The maximum Gasteiger partial charge on any atom is 0.309 e. The van der Waals surface area contributed by atoms with E-state index in [4.69, 9.17) is 4.74 Å². The molecule has 0 amide bonds. The molecule has 2 aromatic rings. The van der Waals surface area contributed by atoms with E-state index in [2.05, 4.69) is 0 Å². The number of esters is 1. The van der Waals surface area contributed by atoms with Gasteiger partial charge in [-0.1, -0.05) is 24.3 Å². The molecule has 1 aliphatic rings. The molecule has 4 heteroatoms. The Balaban J connectivity index is 1.74. The van der Waals surface area contributed by atoms with Gasteiger partial charge in [-0.05, 0) is 48.2 Å². The lowest BCUT2D eigenvalue weighted by molar-refractivity contribution is -0.141. The topological polar surface area (TPSA) is 66.8 Å². The number of phenols is 2. The van der Waals surface area contributed by atoms with E-state index in [-0.39, 0.29) is 29.3 Å². The molecule has 0 unspecified atom stereocenters. The van der Waals surface area contributed by atoms with Crippen LogP contribution in [0.25, 0.3) is 0 Å². The predicted octanol–water partition coefficient (Wildman–Crippen LogP) is 2.67. The zero-order valence-corrected chi connectivity index (χ0v) is 12.1. The van der Waals surface area contributed by atoms with Crippen LogP contribution in [-0.4, -0.2) is 22.8 Å². The zero-order valence-electron chi connectivity index (χ0n) is 12.1. The van der Waals surface area contributed by atoms with Crippen LogP contribution in [0.4, 0.5) is 0 Å². The van der Waals surface area contributed by atoms with Gasteiger partial charge >= 0.3 is 5.97 Å². The van der Waals surface area contributed by atoms with Crippen molar-refractivity contribution in [2.75, 3.05) is 6.61 Å². The summed E-state index contributed by atoms with van der Waals surface area (Å²) in [6.45, 7) is 0.401. The minimum absolute atomic E-state index is 0.0802. The quantitative estimate of drug-likeness (QED) is 0.673. The third kappa shape index (κ3) is 3.22. The Bertz CT molecular complexity index is 680. The molecule has 2 atom stereocenters. The molecule has 0 aromatic heterocycles. The second kappa shape index (κ2) is 6.10. The van der Waals surface area contributed by atoms with Gasteiger partial charge in [-0.2, -0.15) is 0 Å². The molecule has 1 saturated heterocycles. The summed E-state index contributed by atoms with van der Waals surface area (Å²) in [5.41, 5.74) is 1.91. The minimum atomic E-state index is -0.218. The zero-order chi connectivity index (χ0) is 15.5. The summed E-state index contributed by atoms with van der Waals surface area (Å²) < 4.78 is 5.22. The number of phenolic OH excluding ortho intramolecular Hbond substituents is 2. The Kier molecular flexibility index (Phi) is 4.00. The second-order valence-electron chi connectivity index (χ2n) is 5.74. The average Bonchev–Trinajstić information content (AvgIpc) is 2.80. The van der Waals surface area contributed by atoms with Crippen molar-refractivity contribution in [3.05, 3.63) is 59.7 Å². The van der Waals surface area contributed by atoms with Gasteiger partial charge in [0.05, 0.1) is 12.5 Å². The largest absolute Gasteiger partial charge is 0.508 e. The normalized spacial score (nSPS) is 20.8. The van der Waals surface area contributed by atoms with Crippen LogP contribution in [0.2, 0.25) is 0 Å². The summed E-state index contributed by atoms with van der Waals surface area (Å²) in [5.74, 6) is 0.106. The monoisotopic (exact) mass is 301 g/mol. The summed E-state index contributed by atoms with van der Waals surface area (Å²) in [6, 6.07) is 14.0. The third-order valence-electron chi connectivity index (χ3n) is 4.09. The number of aromatic hydroxyl groups is 2. The van der Waals surface area contributed by atoms with E-state index in [0.29, 0.717) is 19.4 Å². The first-order chi connectivity index (χ1) is 10.6. The number of ether oxygens (including phenoxy) is 1. The van der Waals surface area contributed by atoms with Crippen LogP contribution in [-0.2, 0) is 22.4 Å². The molecule has 0 bridgehead atoms. The van der Waals surface area contributed by atoms with Crippen LogP contribution in [0.3, 0.4) is 0 Å². The van der Waals surface area contributed by atoms with Gasteiger partial charge in [0.25, 0.3) is 0 Å². The lowest BCUT2D eigenvalue weighted by atomic mass is 10.1. The first-order valence-electron chi connectivity index (χ1n) is 7.34. The van der Waals surface area contributed by atoms with Crippen molar-refractivity contribution >= 4 is 5.97 Å². The number of hydrogen-bond acceptors (Lipinski definition) is 4. The van der Waals surface area contributed by atoms with Gasteiger partial charge in [-0.15, -0.1) is 0 Å². The van der Waals surface area contributed by atoms with E-state index in [9.17, 15) is 15.0 Å². The van der Waals surface area contributed by atoms with Crippen LogP contribution in [0, 0.1) is 11.8 Å². The van der Waals surface area contributed by atoms with Gasteiger partial charge in [0, 0.05) is 5.92 Å². The summed E-state index contributed by atoms with van der Waals surface area (Å²) >= 11 is 0. The van der Waals surface area contributed by atoms with Gasteiger partial charge in [0.15, 0.2) is 0 Å². The predicted molar refractivity (Wildman–Crippen MR) is 81.6 cm³/mol. The Morgan fingerprint density at radius 3 is 2.14 bits per heavy atom. The molecule has 0 saturated carbocycles. The smallest absolute Gasteiger partial charge is 0.309 e. The van der Waals surface area contributed by atoms with E-state index in [0.717, 1.165) is 11.1 Å². The third-order valence-corrected chi connectivity index (χ3v) is 4.09. The van der Waals surface area contributed by atoms with E-state index >= 15 is 0 Å². The number of benzene rings is 2. The SMILES string of the molecule is O=[13C]1OC[C@H]([13CH2]c2cccc(O)c2)[C@H]1[13CH2]c1cccc(O)c1. The maximum absolute atomic E-state index is 12.0. The molecule has 114 valence electrons. The molecule has 2 N–H and O–H groups in total. The first-order valence-corrected chi connectivity index (χ1v) is 7.34. The van der Waals surface area contributed by atoms with Gasteiger partial charge in [-0.3, -0.25) is 4.79 Å². The van der Waals surface area contributed by atoms with Crippen LogP contribution in [0.15, 0.2) is 48.5 Å². The van der Waals surface area contributed by atoms with E-state index in [1.807, 2.05) is 12.1 Å². The highest BCUT2D eigenvalue weighted by atomic mass is 16.6. The van der Waals surface area contributed by atoms with Crippen molar-refractivity contribution in [3.63, 3.8) is 0 Å². The van der Waals surface area contributed by atoms with Crippen molar-refractivity contribution in [2.24, 2.45) is 11.8 Å². The molecular weight excluding hydrogens is 283 g/mol. The molecular formula is C18H18O4. The fraction of sp³-hybridized carbons (Fsp3) is 0.278. The van der Waals surface area contributed by atoms with Crippen molar-refractivity contribution in [1.29, 1.82) is 0 Å². The summed E-state index contributed by atoms with van der Waals surface area (Å²) in [7, 11) is 0. The number of rotatable bonds is 4. The summed E-state index contributed by atoms with van der Waals surface area (Å²) in [5, 5.41) is 19.1. The Morgan fingerprint density at radius 2 is 1.55 bits per heavy atom. The van der Waals surface area contributed by atoms with Gasteiger partial charge in [0.2, 0.25) is 0 Å².